The summed E-state index contributed by atoms with van der Waals surface area (Å²) in [5.74, 6) is 0.384. The molecule has 0 spiro atoms. The molecule has 1 aromatic rings. The average Bonchev–Trinajstić information content (AvgIpc) is 2.66. The third-order valence-electron chi connectivity index (χ3n) is 4.94. The maximum absolute atomic E-state index is 12.1. The number of rotatable bonds is 8. The molecule has 0 unspecified atom stereocenters. The summed E-state index contributed by atoms with van der Waals surface area (Å²) in [5.41, 5.74) is 0.139. The quantitative estimate of drug-likeness (QED) is 0.692. The zero-order valence-corrected chi connectivity index (χ0v) is 15.6. The van der Waals surface area contributed by atoms with E-state index in [0.717, 1.165) is 11.3 Å². The molecule has 0 aromatic heterocycles. The number of ether oxygens (including phenoxy) is 2. The minimum absolute atomic E-state index is 0.0811. The number of esters is 1. The molecular weight excluding hydrogens is 334 g/mol. The smallest absolute Gasteiger partial charge is 0.308 e. The van der Waals surface area contributed by atoms with E-state index in [2.05, 4.69) is 5.32 Å². The van der Waals surface area contributed by atoms with Crippen LogP contribution in [-0.2, 0) is 20.7 Å². The van der Waals surface area contributed by atoms with Crippen molar-refractivity contribution in [1.29, 1.82) is 0 Å². The molecule has 1 aromatic carbocycles. The number of methoxy groups -OCH3 is 1. The lowest BCUT2D eigenvalue weighted by molar-refractivity contribution is -0.148. The van der Waals surface area contributed by atoms with Gasteiger partial charge in [0.2, 0.25) is 5.91 Å². The van der Waals surface area contributed by atoms with Gasteiger partial charge in [0, 0.05) is 13.0 Å². The number of carbonyl (C=O) groups is 2. The molecule has 0 saturated heterocycles. The van der Waals surface area contributed by atoms with Crippen molar-refractivity contribution in [2.45, 2.75) is 51.0 Å². The number of hydrogen-bond acceptors (Lipinski definition) is 5. The monoisotopic (exact) mass is 363 g/mol. The van der Waals surface area contributed by atoms with Gasteiger partial charge in [0.15, 0.2) is 0 Å². The van der Waals surface area contributed by atoms with Crippen molar-refractivity contribution in [3.63, 3.8) is 0 Å². The topological polar surface area (TPSA) is 84.9 Å². The molecule has 1 saturated carbocycles. The summed E-state index contributed by atoms with van der Waals surface area (Å²) in [6.07, 6.45) is 3.17. The largest absolute Gasteiger partial charge is 0.494 e. The molecule has 0 radical (unpaired) electrons. The van der Waals surface area contributed by atoms with Crippen molar-refractivity contribution in [3.05, 3.63) is 29.8 Å². The van der Waals surface area contributed by atoms with Gasteiger partial charge in [-0.15, -0.1) is 0 Å². The first-order valence-corrected chi connectivity index (χ1v) is 9.24. The van der Waals surface area contributed by atoms with E-state index in [1.54, 1.807) is 0 Å². The van der Waals surface area contributed by atoms with Crippen LogP contribution in [0.2, 0.25) is 0 Å². The zero-order chi connectivity index (χ0) is 19.0. The van der Waals surface area contributed by atoms with Crippen LogP contribution in [0.4, 0.5) is 0 Å². The first-order chi connectivity index (χ1) is 12.5. The average molecular weight is 363 g/mol. The number of nitrogens with one attached hydrogen (secondary N) is 1. The Bertz CT molecular complexity index is 591. The van der Waals surface area contributed by atoms with Gasteiger partial charge in [0.05, 0.1) is 25.2 Å². The summed E-state index contributed by atoms with van der Waals surface area (Å²) in [5, 5.41) is 13.4. The standard InChI is InChI=1S/C20H29NO5/c1-3-26-17-7-4-15(5-8-17)6-9-18(22)21-14-20(24)12-10-16(11-13-20)19(23)25-2/h4-5,7-8,16,24H,3,6,9-14H2,1-2H3,(H,21,22). The maximum atomic E-state index is 12.1. The number of amides is 1. The van der Waals surface area contributed by atoms with Crippen molar-refractivity contribution in [3.8, 4) is 5.75 Å². The van der Waals surface area contributed by atoms with Crippen LogP contribution >= 0.6 is 0 Å². The molecule has 1 aliphatic carbocycles. The molecule has 2 rings (SSSR count). The Hall–Kier alpha value is -2.08. The SMILES string of the molecule is CCOc1ccc(CCC(=O)NCC2(O)CCC(C(=O)OC)CC2)cc1. The summed E-state index contributed by atoms with van der Waals surface area (Å²) in [4.78, 5) is 23.6. The van der Waals surface area contributed by atoms with Gasteiger partial charge < -0.3 is 19.9 Å². The Morgan fingerprint density at radius 2 is 1.88 bits per heavy atom. The third-order valence-corrected chi connectivity index (χ3v) is 4.94. The van der Waals surface area contributed by atoms with Gasteiger partial charge in [-0.1, -0.05) is 12.1 Å². The van der Waals surface area contributed by atoms with Crippen LogP contribution in [0.3, 0.4) is 0 Å². The normalized spacial score (nSPS) is 22.5. The lowest BCUT2D eigenvalue weighted by Gasteiger charge is -2.35. The van der Waals surface area contributed by atoms with E-state index in [9.17, 15) is 14.7 Å². The summed E-state index contributed by atoms with van der Waals surface area (Å²) in [6, 6.07) is 7.72. The molecule has 1 aliphatic rings. The van der Waals surface area contributed by atoms with Crippen molar-refractivity contribution in [2.24, 2.45) is 5.92 Å². The van der Waals surface area contributed by atoms with Gasteiger partial charge >= 0.3 is 5.97 Å². The Morgan fingerprint density at radius 1 is 1.23 bits per heavy atom. The fourth-order valence-corrected chi connectivity index (χ4v) is 3.26. The highest BCUT2D eigenvalue weighted by molar-refractivity contribution is 5.76. The lowest BCUT2D eigenvalue weighted by atomic mass is 9.79. The number of hydrogen-bond donors (Lipinski definition) is 2. The molecule has 144 valence electrons. The second-order valence-corrected chi connectivity index (χ2v) is 6.88. The molecule has 0 bridgehead atoms. The van der Waals surface area contributed by atoms with Crippen LogP contribution in [0.5, 0.6) is 5.75 Å². The second kappa shape index (κ2) is 9.57. The van der Waals surface area contributed by atoms with Crippen molar-refractivity contribution in [1.82, 2.24) is 5.32 Å². The van der Waals surface area contributed by atoms with Crippen molar-refractivity contribution < 1.29 is 24.2 Å². The predicted octanol–water partition coefficient (Wildman–Crippen LogP) is 2.23. The molecular formula is C20H29NO5. The zero-order valence-electron chi connectivity index (χ0n) is 15.6. The molecule has 0 atom stereocenters. The number of aryl methyl sites for hydroxylation is 1. The van der Waals surface area contributed by atoms with Crippen LogP contribution in [0.15, 0.2) is 24.3 Å². The molecule has 0 aliphatic heterocycles. The molecule has 1 fully saturated rings. The molecule has 2 N–H and O–H groups in total. The van der Waals surface area contributed by atoms with E-state index in [-0.39, 0.29) is 24.3 Å². The highest BCUT2D eigenvalue weighted by Gasteiger charge is 2.36. The second-order valence-electron chi connectivity index (χ2n) is 6.88. The fraction of sp³-hybridized carbons (Fsp3) is 0.600. The summed E-state index contributed by atoms with van der Waals surface area (Å²) >= 11 is 0. The van der Waals surface area contributed by atoms with Crippen LogP contribution < -0.4 is 10.1 Å². The molecule has 6 nitrogen and oxygen atoms in total. The highest BCUT2D eigenvalue weighted by atomic mass is 16.5. The number of benzene rings is 1. The lowest BCUT2D eigenvalue weighted by Crippen LogP contribution is -2.46. The molecule has 0 heterocycles. The predicted molar refractivity (Wildman–Crippen MR) is 97.9 cm³/mol. The van der Waals surface area contributed by atoms with Gasteiger partial charge in [-0.05, 0) is 56.7 Å². The van der Waals surface area contributed by atoms with E-state index in [0.29, 0.717) is 45.1 Å². The van der Waals surface area contributed by atoms with Gasteiger partial charge in [0.25, 0.3) is 0 Å². The number of aliphatic hydroxyl groups is 1. The highest BCUT2D eigenvalue weighted by Crippen LogP contribution is 2.32. The summed E-state index contributed by atoms with van der Waals surface area (Å²) in [7, 11) is 1.38. The van der Waals surface area contributed by atoms with Gasteiger partial charge in [-0.25, -0.2) is 0 Å². The Labute approximate surface area is 154 Å². The first kappa shape index (κ1) is 20.2. The third kappa shape index (κ3) is 6.02. The van der Waals surface area contributed by atoms with E-state index in [1.165, 1.54) is 7.11 Å². The van der Waals surface area contributed by atoms with E-state index < -0.39 is 5.60 Å². The fourth-order valence-electron chi connectivity index (χ4n) is 3.26. The Morgan fingerprint density at radius 3 is 2.46 bits per heavy atom. The van der Waals surface area contributed by atoms with Crippen LogP contribution in [-0.4, -0.2) is 42.8 Å². The van der Waals surface area contributed by atoms with E-state index in [1.807, 2.05) is 31.2 Å². The van der Waals surface area contributed by atoms with Crippen LogP contribution in [0.25, 0.3) is 0 Å². The number of carbonyl (C=O) groups excluding carboxylic acids is 2. The summed E-state index contributed by atoms with van der Waals surface area (Å²) < 4.78 is 10.1. The minimum Gasteiger partial charge on any atom is -0.494 e. The van der Waals surface area contributed by atoms with Crippen molar-refractivity contribution in [2.75, 3.05) is 20.3 Å². The molecule has 6 heteroatoms. The summed E-state index contributed by atoms with van der Waals surface area (Å²) in [6.45, 7) is 2.79. The Balaban J connectivity index is 1.70. The van der Waals surface area contributed by atoms with E-state index >= 15 is 0 Å². The maximum Gasteiger partial charge on any atom is 0.308 e. The van der Waals surface area contributed by atoms with Gasteiger partial charge in [-0.2, -0.15) is 0 Å². The molecule has 26 heavy (non-hydrogen) atoms. The van der Waals surface area contributed by atoms with Crippen molar-refractivity contribution >= 4 is 11.9 Å². The Kier molecular flexibility index (Phi) is 7.45. The van der Waals surface area contributed by atoms with Gasteiger partial charge in [0.1, 0.15) is 5.75 Å². The van der Waals surface area contributed by atoms with Crippen LogP contribution in [0, 0.1) is 5.92 Å². The minimum atomic E-state index is -0.931. The van der Waals surface area contributed by atoms with E-state index in [4.69, 9.17) is 9.47 Å². The van der Waals surface area contributed by atoms with Crippen LogP contribution in [0.1, 0.15) is 44.6 Å². The van der Waals surface area contributed by atoms with Gasteiger partial charge in [-0.3, -0.25) is 9.59 Å². The first-order valence-electron chi connectivity index (χ1n) is 9.24. The molecule has 1 amide bonds.